The van der Waals surface area contributed by atoms with Crippen molar-refractivity contribution in [3.8, 4) is 0 Å². The molecule has 0 bridgehead atoms. The van der Waals surface area contributed by atoms with Crippen molar-refractivity contribution < 1.29 is 18.3 Å². The highest BCUT2D eigenvalue weighted by Crippen LogP contribution is 2.38. The zero-order chi connectivity index (χ0) is 18.9. The molecule has 144 valence electrons. The van der Waals surface area contributed by atoms with Crippen LogP contribution < -0.4 is 0 Å². The van der Waals surface area contributed by atoms with Crippen molar-refractivity contribution >= 4 is 15.7 Å². The van der Waals surface area contributed by atoms with E-state index in [1.165, 1.54) is 0 Å². The second-order valence-corrected chi connectivity index (χ2v) is 10.1. The number of sulfone groups is 1. The molecule has 0 radical (unpaired) electrons. The van der Waals surface area contributed by atoms with E-state index in [1.807, 2.05) is 19.1 Å². The van der Waals surface area contributed by atoms with E-state index in [9.17, 15) is 18.3 Å². The highest BCUT2D eigenvalue weighted by atomic mass is 32.2. The highest BCUT2D eigenvalue weighted by Gasteiger charge is 2.46. The lowest BCUT2D eigenvalue weighted by molar-refractivity contribution is -0.151. The van der Waals surface area contributed by atoms with Gasteiger partial charge in [-0.05, 0) is 57.1 Å². The van der Waals surface area contributed by atoms with Gasteiger partial charge in [0, 0.05) is 13.1 Å². The second-order valence-electron chi connectivity index (χ2n) is 7.90. The molecule has 6 heteroatoms. The lowest BCUT2D eigenvalue weighted by atomic mass is 9.96. The third-order valence-corrected chi connectivity index (χ3v) is 8.36. The summed E-state index contributed by atoms with van der Waals surface area (Å²) in [7, 11) is -3.38. The third kappa shape index (κ3) is 3.67. The smallest absolute Gasteiger partial charge is 0.254 e. The molecule has 1 amide bonds. The second kappa shape index (κ2) is 7.31. The fourth-order valence-corrected chi connectivity index (χ4v) is 5.98. The van der Waals surface area contributed by atoms with Crippen LogP contribution >= 0.6 is 0 Å². The Morgan fingerprint density at radius 3 is 2.35 bits per heavy atom. The van der Waals surface area contributed by atoms with Gasteiger partial charge in [0.05, 0.1) is 10.1 Å². The predicted molar refractivity (Wildman–Crippen MR) is 101 cm³/mol. The Hall–Kier alpha value is -1.40. The highest BCUT2D eigenvalue weighted by molar-refractivity contribution is 7.92. The average Bonchev–Trinajstić information content (AvgIpc) is 3.04. The van der Waals surface area contributed by atoms with Crippen LogP contribution in [0.1, 0.15) is 51.0 Å². The summed E-state index contributed by atoms with van der Waals surface area (Å²) in [5.74, 6) is 0.197. The Kier molecular flexibility index (Phi) is 5.45. The van der Waals surface area contributed by atoms with Crippen molar-refractivity contribution in [3.05, 3.63) is 29.8 Å². The molecule has 5 nitrogen and oxygen atoms in total. The van der Waals surface area contributed by atoms with Crippen LogP contribution in [0.25, 0.3) is 0 Å². The van der Waals surface area contributed by atoms with Crippen LogP contribution in [0, 0.1) is 12.8 Å². The standard InChI is InChI=1S/C20H29NO4S/c1-3-16-8-11-20(23,14-16)19(22)21-12-9-18(10-13-21)26(24,25)17-6-4-15(2)5-7-17/h4-7,16,18,23H,3,8-14H2,1-2H3. The summed E-state index contributed by atoms with van der Waals surface area (Å²) < 4.78 is 25.6. The van der Waals surface area contributed by atoms with Gasteiger partial charge >= 0.3 is 0 Å². The first-order valence-corrected chi connectivity index (χ1v) is 11.1. The number of aliphatic hydroxyl groups is 1. The number of nitrogens with zero attached hydrogens (tertiary/aromatic N) is 1. The molecule has 1 heterocycles. The number of benzene rings is 1. The number of amides is 1. The van der Waals surface area contributed by atoms with Gasteiger partial charge in [-0.15, -0.1) is 0 Å². The third-order valence-electron chi connectivity index (χ3n) is 6.09. The normalized spacial score (nSPS) is 27.7. The molecule has 1 aromatic carbocycles. The number of hydrogen-bond acceptors (Lipinski definition) is 4. The Labute approximate surface area is 156 Å². The van der Waals surface area contributed by atoms with Crippen LogP contribution in [0.5, 0.6) is 0 Å². The van der Waals surface area contributed by atoms with Crippen LogP contribution in [-0.2, 0) is 14.6 Å². The number of likely N-dealkylation sites (tertiary alicyclic amines) is 1. The molecule has 2 fully saturated rings. The molecule has 2 unspecified atom stereocenters. The summed E-state index contributed by atoms with van der Waals surface area (Å²) in [6, 6.07) is 6.94. The number of carbonyl (C=O) groups excluding carboxylic acids is 1. The quantitative estimate of drug-likeness (QED) is 0.873. The van der Waals surface area contributed by atoms with Crippen LogP contribution in [0.2, 0.25) is 0 Å². The zero-order valence-corrected chi connectivity index (χ0v) is 16.5. The Balaban J connectivity index is 1.64. The summed E-state index contributed by atoms with van der Waals surface area (Å²) in [6.45, 7) is 4.81. The molecule has 1 aromatic rings. The Morgan fingerprint density at radius 1 is 1.19 bits per heavy atom. The fourth-order valence-electron chi connectivity index (χ4n) is 4.25. The molecule has 0 aromatic heterocycles. The molecule has 2 atom stereocenters. The van der Waals surface area contributed by atoms with Gasteiger partial charge in [0.15, 0.2) is 9.84 Å². The minimum absolute atomic E-state index is 0.209. The average molecular weight is 380 g/mol. The number of rotatable bonds is 4. The minimum atomic E-state index is -3.38. The summed E-state index contributed by atoms with van der Waals surface area (Å²) in [6.07, 6.45) is 3.77. The van der Waals surface area contributed by atoms with Crippen LogP contribution in [-0.4, -0.2) is 48.3 Å². The summed E-state index contributed by atoms with van der Waals surface area (Å²) in [5, 5.41) is 10.3. The number of piperidine rings is 1. The lowest BCUT2D eigenvalue weighted by Gasteiger charge is -2.36. The van der Waals surface area contributed by atoms with E-state index in [4.69, 9.17) is 0 Å². The minimum Gasteiger partial charge on any atom is -0.380 e. The van der Waals surface area contributed by atoms with Crippen molar-refractivity contribution in [1.29, 1.82) is 0 Å². The molecule has 1 saturated heterocycles. The maximum Gasteiger partial charge on any atom is 0.254 e. The van der Waals surface area contributed by atoms with Gasteiger partial charge in [0.2, 0.25) is 0 Å². The predicted octanol–water partition coefficient (Wildman–Crippen LogP) is 2.70. The van der Waals surface area contributed by atoms with E-state index in [1.54, 1.807) is 17.0 Å². The van der Waals surface area contributed by atoms with Crippen molar-refractivity contribution in [3.63, 3.8) is 0 Å². The maximum absolute atomic E-state index is 12.8. The van der Waals surface area contributed by atoms with E-state index in [-0.39, 0.29) is 5.91 Å². The van der Waals surface area contributed by atoms with E-state index in [0.717, 1.165) is 18.4 Å². The SMILES string of the molecule is CCC1CCC(O)(C(=O)N2CCC(S(=O)(=O)c3ccc(C)cc3)CC2)C1. The molecule has 1 aliphatic heterocycles. The monoisotopic (exact) mass is 379 g/mol. The zero-order valence-electron chi connectivity index (χ0n) is 15.6. The topological polar surface area (TPSA) is 74.7 Å². The number of carbonyl (C=O) groups is 1. The van der Waals surface area contributed by atoms with E-state index in [0.29, 0.717) is 49.6 Å². The largest absolute Gasteiger partial charge is 0.380 e. The first-order chi connectivity index (χ1) is 12.3. The first-order valence-electron chi connectivity index (χ1n) is 9.58. The lowest BCUT2D eigenvalue weighted by Crippen LogP contribution is -2.51. The Bertz CT molecular complexity index is 751. The summed E-state index contributed by atoms with van der Waals surface area (Å²) >= 11 is 0. The first kappa shape index (κ1) is 19.4. The molecule has 2 aliphatic rings. The molecule has 1 saturated carbocycles. The van der Waals surface area contributed by atoms with E-state index >= 15 is 0 Å². The van der Waals surface area contributed by atoms with Gasteiger partial charge in [0.1, 0.15) is 5.60 Å². The Morgan fingerprint density at radius 2 is 1.81 bits per heavy atom. The number of hydrogen-bond donors (Lipinski definition) is 1. The van der Waals surface area contributed by atoms with E-state index in [2.05, 4.69) is 6.92 Å². The van der Waals surface area contributed by atoms with Gasteiger partial charge in [0.25, 0.3) is 5.91 Å². The molecular weight excluding hydrogens is 350 g/mol. The fraction of sp³-hybridized carbons (Fsp3) is 0.650. The van der Waals surface area contributed by atoms with Gasteiger partial charge in [-0.3, -0.25) is 4.79 Å². The maximum atomic E-state index is 12.8. The molecular formula is C20H29NO4S. The van der Waals surface area contributed by atoms with E-state index < -0.39 is 20.7 Å². The van der Waals surface area contributed by atoms with Crippen LogP contribution in [0.15, 0.2) is 29.2 Å². The number of aryl methyl sites for hydroxylation is 1. The van der Waals surface area contributed by atoms with Crippen LogP contribution in [0.3, 0.4) is 0 Å². The van der Waals surface area contributed by atoms with Crippen molar-refractivity contribution in [1.82, 2.24) is 4.90 Å². The molecule has 0 spiro atoms. The summed E-state index contributed by atoms with van der Waals surface area (Å²) in [4.78, 5) is 14.8. The molecule has 1 N–H and O–H groups in total. The van der Waals surface area contributed by atoms with Gasteiger partial charge < -0.3 is 10.0 Å². The molecule has 1 aliphatic carbocycles. The van der Waals surface area contributed by atoms with Gasteiger partial charge in [-0.1, -0.05) is 31.0 Å². The summed E-state index contributed by atoms with van der Waals surface area (Å²) in [5.41, 5.74) is -0.219. The van der Waals surface area contributed by atoms with Crippen molar-refractivity contribution in [2.24, 2.45) is 5.92 Å². The van der Waals surface area contributed by atoms with Gasteiger partial charge in [-0.2, -0.15) is 0 Å². The van der Waals surface area contributed by atoms with Crippen molar-refractivity contribution in [2.45, 2.75) is 68.1 Å². The molecule has 3 rings (SSSR count). The van der Waals surface area contributed by atoms with Gasteiger partial charge in [-0.25, -0.2) is 8.42 Å². The van der Waals surface area contributed by atoms with Crippen LogP contribution in [0.4, 0.5) is 0 Å². The van der Waals surface area contributed by atoms with Crippen molar-refractivity contribution in [2.75, 3.05) is 13.1 Å². The molecule has 26 heavy (non-hydrogen) atoms.